The summed E-state index contributed by atoms with van der Waals surface area (Å²) in [6.07, 6.45) is 1.71. The third kappa shape index (κ3) is 3.57. The Hall–Kier alpha value is -2.42. The Balaban J connectivity index is 2.16. The Labute approximate surface area is 123 Å². The van der Waals surface area contributed by atoms with Crippen molar-refractivity contribution in [1.29, 1.82) is 0 Å². The summed E-state index contributed by atoms with van der Waals surface area (Å²) in [5.74, 6) is -0.735. The zero-order chi connectivity index (χ0) is 15.5. The molecule has 0 saturated carbocycles. The van der Waals surface area contributed by atoms with Gasteiger partial charge in [-0.1, -0.05) is 36.9 Å². The Morgan fingerprint density at radius 1 is 1.10 bits per heavy atom. The third-order valence-corrected chi connectivity index (χ3v) is 3.27. The fraction of sp³-hybridized carbons (Fsp3) is 0.167. The van der Waals surface area contributed by atoms with Gasteiger partial charge in [0, 0.05) is 0 Å². The molecule has 0 aliphatic rings. The van der Waals surface area contributed by atoms with Gasteiger partial charge >= 0.3 is 5.97 Å². The van der Waals surface area contributed by atoms with Crippen LogP contribution < -0.4 is 0 Å². The molecule has 0 radical (unpaired) electrons. The number of carbonyl (C=O) groups is 1. The SMILES string of the molecule is C=Cc1ccc(C(=O)OC(C)(C)c2ccc(F)cc2)cc1. The van der Waals surface area contributed by atoms with Crippen LogP contribution >= 0.6 is 0 Å². The van der Waals surface area contributed by atoms with Crippen molar-refractivity contribution in [2.24, 2.45) is 0 Å². The number of rotatable bonds is 4. The largest absolute Gasteiger partial charge is 0.451 e. The molecular weight excluding hydrogens is 267 g/mol. The summed E-state index contributed by atoms with van der Waals surface area (Å²) in [5.41, 5.74) is 1.31. The Bertz CT molecular complexity index is 640. The highest BCUT2D eigenvalue weighted by molar-refractivity contribution is 5.90. The zero-order valence-electron chi connectivity index (χ0n) is 12.1. The van der Waals surface area contributed by atoms with E-state index in [1.54, 1.807) is 56.3 Å². The molecule has 0 unspecified atom stereocenters. The van der Waals surface area contributed by atoms with Gasteiger partial charge in [-0.15, -0.1) is 0 Å². The van der Waals surface area contributed by atoms with Crippen LogP contribution in [0.2, 0.25) is 0 Å². The van der Waals surface area contributed by atoms with Gasteiger partial charge in [0.1, 0.15) is 11.4 Å². The van der Waals surface area contributed by atoms with Crippen LogP contribution in [0.1, 0.15) is 35.3 Å². The van der Waals surface area contributed by atoms with E-state index in [1.165, 1.54) is 12.1 Å². The zero-order valence-corrected chi connectivity index (χ0v) is 12.1. The Kier molecular flexibility index (Phi) is 4.22. The van der Waals surface area contributed by atoms with Crippen LogP contribution in [0.3, 0.4) is 0 Å². The second-order valence-electron chi connectivity index (χ2n) is 5.23. The topological polar surface area (TPSA) is 26.3 Å². The van der Waals surface area contributed by atoms with Gasteiger partial charge in [0.2, 0.25) is 0 Å². The molecule has 0 N–H and O–H groups in total. The first-order valence-corrected chi connectivity index (χ1v) is 6.64. The molecule has 0 aliphatic heterocycles. The van der Waals surface area contributed by atoms with Crippen molar-refractivity contribution in [3.8, 4) is 0 Å². The summed E-state index contributed by atoms with van der Waals surface area (Å²) in [6.45, 7) is 7.21. The lowest BCUT2D eigenvalue weighted by molar-refractivity contribution is -0.00314. The van der Waals surface area contributed by atoms with Gasteiger partial charge in [-0.3, -0.25) is 0 Å². The van der Waals surface area contributed by atoms with Crippen LogP contribution in [-0.4, -0.2) is 5.97 Å². The van der Waals surface area contributed by atoms with Crippen LogP contribution in [-0.2, 0) is 10.3 Å². The molecule has 2 aromatic rings. The first-order valence-electron chi connectivity index (χ1n) is 6.64. The molecule has 0 bridgehead atoms. The lowest BCUT2D eigenvalue weighted by Gasteiger charge is -2.25. The van der Waals surface area contributed by atoms with E-state index in [-0.39, 0.29) is 5.82 Å². The molecule has 0 amide bonds. The maximum atomic E-state index is 13.0. The Morgan fingerprint density at radius 3 is 2.19 bits per heavy atom. The van der Waals surface area contributed by atoms with E-state index in [1.807, 2.05) is 0 Å². The molecule has 0 saturated heterocycles. The summed E-state index contributed by atoms with van der Waals surface area (Å²) < 4.78 is 18.5. The second-order valence-corrected chi connectivity index (χ2v) is 5.23. The van der Waals surface area contributed by atoms with Crippen LogP contribution in [0.15, 0.2) is 55.1 Å². The van der Waals surface area contributed by atoms with E-state index in [2.05, 4.69) is 6.58 Å². The van der Waals surface area contributed by atoms with Crippen molar-refractivity contribution < 1.29 is 13.9 Å². The maximum Gasteiger partial charge on any atom is 0.338 e. The number of hydrogen-bond donors (Lipinski definition) is 0. The minimum Gasteiger partial charge on any atom is -0.451 e. The van der Waals surface area contributed by atoms with E-state index in [0.29, 0.717) is 5.56 Å². The number of esters is 1. The normalized spacial score (nSPS) is 11.0. The summed E-state index contributed by atoms with van der Waals surface area (Å²) in [5, 5.41) is 0. The average Bonchev–Trinajstić information content (AvgIpc) is 2.47. The molecule has 0 heterocycles. The van der Waals surface area contributed by atoms with Crippen molar-refractivity contribution in [2.75, 3.05) is 0 Å². The first-order chi connectivity index (χ1) is 9.92. The quantitative estimate of drug-likeness (QED) is 0.769. The van der Waals surface area contributed by atoms with Gasteiger partial charge in [-0.25, -0.2) is 9.18 Å². The number of hydrogen-bond acceptors (Lipinski definition) is 2. The molecule has 0 spiro atoms. The fourth-order valence-corrected chi connectivity index (χ4v) is 1.96. The second kappa shape index (κ2) is 5.92. The van der Waals surface area contributed by atoms with Crippen molar-refractivity contribution in [3.63, 3.8) is 0 Å². The summed E-state index contributed by atoms with van der Waals surface area (Å²) >= 11 is 0. The highest BCUT2D eigenvalue weighted by atomic mass is 19.1. The number of carbonyl (C=O) groups excluding carboxylic acids is 1. The first kappa shape index (κ1) is 15.0. The van der Waals surface area contributed by atoms with Crippen LogP contribution in [0, 0.1) is 5.82 Å². The monoisotopic (exact) mass is 284 g/mol. The van der Waals surface area contributed by atoms with Gasteiger partial charge in [0.25, 0.3) is 0 Å². The van der Waals surface area contributed by atoms with Gasteiger partial charge < -0.3 is 4.74 Å². The van der Waals surface area contributed by atoms with E-state index < -0.39 is 11.6 Å². The lowest BCUT2D eigenvalue weighted by atomic mass is 9.98. The van der Waals surface area contributed by atoms with Crippen LogP contribution in [0.5, 0.6) is 0 Å². The van der Waals surface area contributed by atoms with Crippen LogP contribution in [0.25, 0.3) is 6.08 Å². The van der Waals surface area contributed by atoms with Crippen molar-refractivity contribution in [1.82, 2.24) is 0 Å². The summed E-state index contributed by atoms with van der Waals surface area (Å²) in [4.78, 5) is 12.2. The lowest BCUT2D eigenvalue weighted by Crippen LogP contribution is -2.25. The van der Waals surface area contributed by atoms with Crippen molar-refractivity contribution in [2.45, 2.75) is 19.4 Å². The molecule has 2 rings (SSSR count). The van der Waals surface area contributed by atoms with Crippen molar-refractivity contribution in [3.05, 3.63) is 77.6 Å². The summed E-state index contributed by atoms with van der Waals surface area (Å²) in [7, 11) is 0. The molecule has 0 aromatic heterocycles. The number of halogens is 1. The number of benzene rings is 2. The predicted molar refractivity (Wildman–Crippen MR) is 81.4 cm³/mol. The summed E-state index contributed by atoms with van der Waals surface area (Å²) in [6, 6.07) is 12.9. The minimum absolute atomic E-state index is 0.319. The molecule has 0 fully saturated rings. The minimum atomic E-state index is -0.831. The van der Waals surface area contributed by atoms with Gasteiger partial charge in [-0.05, 0) is 49.2 Å². The molecule has 2 aromatic carbocycles. The Morgan fingerprint density at radius 2 is 1.67 bits per heavy atom. The molecular formula is C18H17FO2. The predicted octanol–water partition coefficient (Wildman–Crippen LogP) is 4.56. The highest BCUT2D eigenvalue weighted by Gasteiger charge is 2.26. The van der Waals surface area contributed by atoms with Gasteiger partial charge in [-0.2, -0.15) is 0 Å². The van der Waals surface area contributed by atoms with E-state index >= 15 is 0 Å². The molecule has 0 aliphatic carbocycles. The molecule has 3 heteroatoms. The number of ether oxygens (including phenoxy) is 1. The molecule has 0 atom stereocenters. The van der Waals surface area contributed by atoms with E-state index in [9.17, 15) is 9.18 Å². The molecule has 2 nitrogen and oxygen atoms in total. The van der Waals surface area contributed by atoms with Gasteiger partial charge in [0.15, 0.2) is 0 Å². The smallest absolute Gasteiger partial charge is 0.338 e. The highest BCUT2D eigenvalue weighted by Crippen LogP contribution is 2.26. The average molecular weight is 284 g/mol. The fourth-order valence-electron chi connectivity index (χ4n) is 1.96. The third-order valence-electron chi connectivity index (χ3n) is 3.27. The van der Waals surface area contributed by atoms with Gasteiger partial charge in [0.05, 0.1) is 5.56 Å². The molecule has 108 valence electrons. The standard InChI is InChI=1S/C18H17FO2/c1-4-13-5-7-14(8-6-13)17(20)21-18(2,3)15-9-11-16(19)12-10-15/h4-12H,1H2,2-3H3. The maximum absolute atomic E-state index is 13.0. The van der Waals surface area contributed by atoms with Crippen LogP contribution in [0.4, 0.5) is 4.39 Å². The molecule has 21 heavy (non-hydrogen) atoms. The van der Waals surface area contributed by atoms with Crippen molar-refractivity contribution >= 4 is 12.0 Å². The van der Waals surface area contributed by atoms with E-state index in [0.717, 1.165) is 11.1 Å². The van der Waals surface area contributed by atoms with E-state index in [4.69, 9.17) is 4.74 Å².